The van der Waals surface area contributed by atoms with Crippen LogP contribution < -0.4 is 16.0 Å². The van der Waals surface area contributed by atoms with E-state index in [0.29, 0.717) is 19.4 Å². The molecule has 0 unspecified atom stereocenters. The van der Waals surface area contributed by atoms with Gasteiger partial charge >= 0.3 is 0 Å². The zero-order valence-electron chi connectivity index (χ0n) is 13.7. The van der Waals surface area contributed by atoms with Crippen LogP contribution in [0.3, 0.4) is 0 Å². The lowest BCUT2D eigenvalue weighted by Gasteiger charge is -2.27. The van der Waals surface area contributed by atoms with Crippen molar-refractivity contribution in [1.29, 1.82) is 0 Å². The summed E-state index contributed by atoms with van der Waals surface area (Å²) < 4.78 is 0. The Bertz CT molecular complexity index is 531. The van der Waals surface area contributed by atoms with Gasteiger partial charge in [-0.25, -0.2) is 0 Å². The third kappa shape index (κ3) is 5.67. The number of piperidine rings is 1. The van der Waals surface area contributed by atoms with Gasteiger partial charge in [-0.3, -0.25) is 9.59 Å². The highest BCUT2D eigenvalue weighted by atomic mass is 16.2. The molecule has 1 heterocycles. The Morgan fingerprint density at radius 1 is 1.17 bits per heavy atom. The predicted octanol–water partition coefficient (Wildman–Crippen LogP) is 3.05. The summed E-state index contributed by atoms with van der Waals surface area (Å²) in [6, 6.07) is 7.56. The maximum atomic E-state index is 12.0. The Hall–Kier alpha value is -1.88. The fourth-order valence-corrected chi connectivity index (χ4v) is 2.84. The largest absolute Gasteiger partial charge is 0.330 e. The smallest absolute Gasteiger partial charge is 0.226 e. The number of unbranched alkanes of at least 4 members (excludes halogenated alkanes) is 3. The summed E-state index contributed by atoms with van der Waals surface area (Å²) in [6.07, 6.45) is 7.16. The summed E-state index contributed by atoms with van der Waals surface area (Å²) in [6.45, 7) is 1.48. The van der Waals surface area contributed by atoms with Crippen molar-refractivity contribution in [3.63, 3.8) is 0 Å². The van der Waals surface area contributed by atoms with Crippen LogP contribution in [0.2, 0.25) is 0 Å². The van der Waals surface area contributed by atoms with Gasteiger partial charge in [0, 0.05) is 30.8 Å². The first kappa shape index (κ1) is 17.5. The highest BCUT2D eigenvalue weighted by molar-refractivity contribution is 5.96. The van der Waals surface area contributed by atoms with Gasteiger partial charge in [0.2, 0.25) is 11.8 Å². The van der Waals surface area contributed by atoms with Crippen LogP contribution in [0.1, 0.15) is 51.4 Å². The number of benzene rings is 1. The third-order valence-electron chi connectivity index (χ3n) is 4.12. The normalized spacial score (nSPS) is 14.8. The molecule has 0 bridgehead atoms. The van der Waals surface area contributed by atoms with Crippen LogP contribution in [0.15, 0.2) is 24.3 Å². The average Bonchev–Trinajstić information content (AvgIpc) is 2.55. The zero-order valence-corrected chi connectivity index (χ0v) is 13.7. The monoisotopic (exact) mass is 317 g/mol. The molecule has 1 fully saturated rings. The second-order valence-corrected chi connectivity index (χ2v) is 6.05. The van der Waals surface area contributed by atoms with Crippen molar-refractivity contribution in [2.75, 3.05) is 23.3 Å². The standard InChI is InChI=1S/C18H27N3O2/c19-12-5-2-1-3-10-17(22)20-15-8-7-9-16(14-15)21-13-6-4-11-18(21)23/h7-9,14H,1-6,10-13,19H2,(H,20,22). The van der Waals surface area contributed by atoms with Gasteiger partial charge in [-0.2, -0.15) is 0 Å². The van der Waals surface area contributed by atoms with E-state index in [4.69, 9.17) is 5.73 Å². The van der Waals surface area contributed by atoms with Crippen molar-refractivity contribution in [1.82, 2.24) is 0 Å². The molecule has 0 saturated carbocycles. The van der Waals surface area contributed by atoms with Gasteiger partial charge in [0.15, 0.2) is 0 Å². The van der Waals surface area contributed by atoms with Crippen molar-refractivity contribution in [3.05, 3.63) is 24.3 Å². The van der Waals surface area contributed by atoms with Crippen molar-refractivity contribution in [3.8, 4) is 0 Å². The Kier molecular flexibility index (Phi) is 7.07. The molecule has 0 aliphatic carbocycles. The Morgan fingerprint density at radius 3 is 2.78 bits per heavy atom. The fraction of sp³-hybridized carbons (Fsp3) is 0.556. The van der Waals surface area contributed by atoms with Gasteiger partial charge in [0.05, 0.1) is 0 Å². The van der Waals surface area contributed by atoms with E-state index in [1.807, 2.05) is 29.2 Å². The van der Waals surface area contributed by atoms with Gasteiger partial charge < -0.3 is 16.0 Å². The van der Waals surface area contributed by atoms with E-state index < -0.39 is 0 Å². The summed E-state index contributed by atoms with van der Waals surface area (Å²) >= 11 is 0. The molecule has 2 amide bonds. The number of amides is 2. The van der Waals surface area contributed by atoms with Crippen LogP contribution in [0, 0.1) is 0 Å². The summed E-state index contributed by atoms with van der Waals surface area (Å²) in [5.74, 6) is 0.194. The molecule has 1 aromatic carbocycles. The third-order valence-corrected chi connectivity index (χ3v) is 4.12. The van der Waals surface area contributed by atoms with Crippen LogP contribution in [0.25, 0.3) is 0 Å². The summed E-state index contributed by atoms with van der Waals surface area (Å²) in [5, 5.41) is 2.93. The number of rotatable bonds is 8. The van der Waals surface area contributed by atoms with Crippen LogP contribution in [0.4, 0.5) is 11.4 Å². The molecule has 5 heteroatoms. The molecule has 1 aromatic rings. The van der Waals surface area contributed by atoms with E-state index in [2.05, 4.69) is 5.32 Å². The molecule has 3 N–H and O–H groups in total. The maximum Gasteiger partial charge on any atom is 0.226 e. The molecule has 0 radical (unpaired) electrons. The molecule has 126 valence electrons. The minimum absolute atomic E-state index is 0.0277. The number of hydrogen-bond donors (Lipinski definition) is 2. The second kappa shape index (κ2) is 9.30. The Morgan fingerprint density at radius 2 is 2.00 bits per heavy atom. The van der Waals surface area contributed by atoms with Gasteiger partial charge in [0.1, 0.15) is 0 Å². The molecule has 0 spiro atoms. The van der Waals surface area contributed by atoms with Gasteiger partial charge in [-0.05, 0) is 50.4 Å². The minimum atomic E-state index is 0.0277. The lowest BCUT2D eigenvalue weighted by atomic mass is 10.1. The van der Waals surface area contributed by atoms with Gasteiger partial charge in [0.25, 0.3) is 0 Å². The van der Waals surface area contributed by atoms with E-state index in [9.17, 15) is 9.59 Å². The molecule has 1 aliphatic heterocycles. The van der Waals surface area contributed by atoms with Crippen LogP contribution in [0.5, 0.6) is 0 Å². The molecule has 0 atom stereocenters. The molecule has 23 heavy (non-hydrogen) atoms. The molecular formula is C18H27N3O2. The number of nitrogens with one attached hydrogen (secondary N) is 1. The molecule has 2 rings (SSSR count). The maximum absolute atomic E-state index is 12.0. The van der Waals surface area contributed by atoms with E-state index in [1.165, 1.54) is 0 Å². The number of carbonyl (C=O) groups excluding carboxylic acids is 2. The van der Waals surface area contributed by atoms with Crippen molar-refractivity contribution in [2.45, 2.75) is 51.4 Å². The predicted molar refractivity (Wildman–Crippen MR) is 93.4 cm³/mol. The van der Waals surface area contributed by atoms with E-state index in [0.717, 1.165) is 56.4 Å². The molecule has 1 aliphatic rings. The van der Waals surface area contributed by atoms with Crippen molar-refractivity contribution < 1.29 is 9.59 Å². The van der Waals surface area contributed by atoms with E-state index in [1.54, 1.807) is 0 Å². The van der Waals surface area contributed by atoms with Crippen LogP contribution in [-0.4, -0.2) is 24.9 Å². The lowest BCUT2D eigenvalue weighted by Crippen LogP contribution is -2.35. The minimum Gasteiger partial charge on any atom is -0.330 e. The number of carbonyl (C=O) groups is 2. The summed E-state index contributed by atoms with van der Waals surface area (Å²) in [7, 11) is 0. The topological polar surface area (TPSA) is 75.4 Å². The summed E-state index contributed by atoms with van der Waals surface area (Å²) in [5.41, 5.74) is 7.08. The Labute approximate surface area is 138 Å². The number of nitrogens with zero attached hydrogens (tertiary/aromatic N) is 1. The number of hydrogen-bond acceptors (Lipinski definition) is 3. The highest BCUT2D eigenvalue weighted by Crippen LogP contribution is 2.24. The van der Waals surface area contributed by atoms with Crippen molar-refractivity contribution in [2.24, 2.45) is 5.73 Å². The SMILES string of the molecule is NCCCCCCC(=O)Nc1cccc(N2CCCCC2=O)c1. The second-order valence-electron chi connectivity index (χ2n) is 6.05. The fourth-order valence-electron chi connectivity index (χ4n) is 2.84. The molecule has 1 saturated heterocycles. The molecule has 5 nitrogen and oxygen atoms in total. The van der Waals surface area contributed by atoms with Gasteiger partial charge in [-0.1, -0.05) is 18.9 Å². The molecular weight excluding hydrogens is 290 g/mol. The first-order valence-corrected chi connectivity index (χ1v) is 8.61. The number of nitrogens with two attached hydrogens (primary N) is 1. The van der Waals surface area contributed by atoms with Crippen LogP contribution in [-0.2, 0) is 9.59 Å². The lowest BCUT2D eigenvalue weighted by molar-refractivity contribution is -0.119. The first-order valence-electron chi connectivity index (χ1n) is 8.61. The van der Waals surface area contributed by atoms with Crippen LogP contribution >= 0.6 is 0 Å². The van der Waals surface area contributed by atoms with Gasteiger partial charge in [-0.15, -0.1) is 0 Å². The first-order chi connectivity index (χ1) is 11.2. The average molecular weight is 317 g/mol. The van der Waals surface area contributed by atoms with E-state index >= 15 is 0 Å². The summed E-state index contributed by atoms with van der Waals surface area (Å²) in [4.78, 5) is 25.8. The number of anilines is 2. The zero-order chi connectivity index (χ0) is 16.5. The molecule has 0 aromatic heterocycles. The highest BCUT2D eigenvalue weighted by Gasteiger charge is 2.19. The Balaban J connectivity index is 1.84. The quantitative estimate of drug-likeness (QED) is 0.724. The van der Waals surface area contributed by atoms with Crippen molar-refractivity contribution >= 4 is 23.2 Å². The van der Waals surface area contributed by atoms with E-state index in [-0.39, 0.29) is 11.8 Å².